The molecule has 16 heavy (non-hydrogen) atoms. The molecule has 1 saturated carbocycles. The van der Waals surface area contributed by atoms with Gasteiger partial charge in [-0.3, -0.25) is 0 Å². The highest BCUT2D eigenvalue weighted by Crippen LogP contribution is 2.20. The molecule has 2 rings (SSSR count). The van der Waals surface area contributed by atoms with Crippen molar-refractivity contribution in [3.63, 3.8) is 0 Å². The van der Waals surface area contributed by atoms with E-state index in [0.717, 1.165) is 5.76 Å². The van der Waals surface area contributed by atoms with Gasteiger partial charge >= 0.3 is 0 Å². The Morgan fingerprint density at radius 3 is 2.50 bits per heavy atom. The van der Waals surface area contributed by atoms with Gasteiger partial charge in [0.05, 0.1) is 12.3 Å². The van der Waals surface area contributed by atoms with Crippen LogP contribution in [0.15, 0.2) is 22.8 Å². The second-order valence-corrected chi connectivity index (χ2v) is 4.95. The van der Waals surface area contributed by atoms with Crippen LogP contribution in [-0.2, 0) is 0 Å². The molecule has 1 unspecified atom stereocenters. The number of rotatable bonds is 3. The van der Waals surface area contributed by atoms with Gasteiger partial charge in [0.2, 0.25) is 0 Å². The first-order chi connectivity index (χ1) is 7.86. The molecule has 0 aromatic carbocycles. The molecular formula is C14H23NO. The van der Waals surface area contributed by atoms with E-state index >= 15 is 0 Å². The second-order valence-electron chi connectivity index (χ2n) is 4.95. The normalized spacial score (nSPS) is 21.3. The molecule has 0 amide bonds. The summed E-state index contributed by atoms with van der Waals surface area (Å²) in [6.45, 7) is 2.19. The number of hydrogen-bond donors (Lipinski definition) is 1. The lowest BCUT2D eigenvalue weighted by Crippen LogP contribution is -2.31. The Balaban J connectivity index is 1.82. The van der Waals surface area contributed by atoms with E-state index in [0.29, 0.717) is 12.1 Å². The first-order valence-corrected chi connectivity index (χ1v) is 6.66. The smallest absolute Gasteiger partial charge is 0.120 e. The quantitative estimate of drug-likeness (QED) is 0.833. The molecule has 1 aromatic heterocycles. The Morgan fingerprint density at radius 1 is 1.19 bits per heavy atom. The van der Waals surface area contributed by atoms with E-state index in [1.165, 1.54) is 44.9 Å². The van der Waals surface area contributed by atoms with Crippen LogP contribution in [0.4, 0.5) is 0 Å². The largest absolute Gasteiger partial charge is 0.468 e. The zero-order valence-corrected chi connectivity index (χ0v) is 10.2. The van der Waals surface area contributed by atoms with Gasteiger partial charge < -0.3 is 9.73 Å². The lowest BCUT2D eigenvalue weighted by Gasteiger charge is -2.24. The maximum atomic E-state index is 5.43. The van der Waals surface area contributed by atoms with Gasteiger partial charge in [0, 0.05) is 6.04 Å². The highest BCUT2D eigenvalue weighted by molar-refractivity contribution is 5.03. The Bertz CT molecular complexity index is 273. The van der Waals surface area contributed by atoms with Crippen molar-refractivity contribution in [3.05, 3.63) is 24.2 Å². The fourth-order valence-electron chi connectivity index (χ4n) is 2.60. The summed E-state index contributed by atoms with van der Waals surface area (Å²) in [5, 5.41) is 3.70. The molecule has 1 N–H and O–H groups in total. The fraction of sp³-hybridized carbons (Fsp3) is 0.714. The average molecular weight is 221 g/mol. The van der Waals surface area contributed by atoms with Crippen LogP contribution >= 0.6 is 0 Å². The van der Waals surface area contributed by atoms with E-state index in [1.807, 2.05) is 6.07 Å². The molecule has 1 fully saturated rings. The molecule has 0 aliphatic heterocycles. The third-order valence-corrected chi connectivity index (χ3v) is 3.56. The van der Waals surface area contributed by atoms with Crippen molar-refractivity contribution in [2.24, 2.45) is 0 Å². The summed E-state index contributed by atoms with van der Waals surface area (Å²) >= 11 is 0. The van der Waals surface area contributed by atoms with Gasteiger partial charge in [0.1, 0.15) is 5.76 Å². The van der Waals surface area contributed by atoms with Gasteiger partial charge in [-0.1, -0.05) is 32.1 Å². The summed E-state index contributed by atoms with van der Waals surface area (Å²) in [5.74, 6) is 1.06. The number of furan rings is 1. The van der Waals surface area contributed by atoms with Crippen LogP contribution in [0.2, 0.25) is 0 Å². The molecule has 0 bridgehead atoms. The molecule has 0 saturated heterocycles. The third-order valence-electron chi connectivity index (χ3n) is 3.56. The second kappa shape index (κ2) is 6.09. The first kappa shape index (κ1) is 11.7. The number of hydrogen-bond acceptors (Lipinski definition) is 2. The SMILES string of the molecule is CC(NC1CCCCCCC1)c1ccco1. The van der Waals surface area contributed by atoms with Crippen molar-refractivity contribution in [2.75, 3.05) is 0 Å². The predicted octanol–water partition coefficient (Wildman–Crippen LogP) is 4.04. The van der Waals surface area contributed by atoms with Crippen LogP contribution in [0.5, 0.6) is 0 Å². The van der Waals surface area contributed by atoms with Gasteiger partial charge in [0.15, 0.2) is 0 Å². The van der Waals surface area contributed by atoms with Crippen molar-refractivity contribution >= 4 is 0 Å². The van der Waals surface area contributed by atoms with Crippen molar-refractivity contribution in [3.8, 4) is 0 Å². The van der Waals surface area contributed by atoms with Crippen molar-refractivity contribution in [1.29, 1.82) is 0 Å². The van der Waals surface area contributed by atoms with Crippen molar-refractivity contribution in [2.45, 2.75) is 64.0 Å². The van der Waals surface area contributed by atoms with Gasteiger partial charge in [-0.15, -0.1) is 0 Å². The summed E-state index contributed by atoms with van der Waals surface area (Å²) in [7, 11) is 0. The first-order valence-electron chi connectivity index (χ1n) is 6.66. The highest BCUT2D eigenvalue weighted by Gasteiger charge is 2.15. The minimum absolute atomic E-state index is 0.347. The van der Waals surface area contributed by atoms with Crippen molar-refractivity contribution in [1.82, 2.24) is 5.32 Å². The summed E-state index contributed by atoms with van der Waals surface area (Å²) < 4.78 is 5.43. The maximum absolute atomic E-state index is 5.43. The molecule has 2 nitrogen and oxygen atoms in total. The molecular weight excluding hydrogens is 198 g/mol. The van der Waals surface area contributed by atoms with Gasteiger partial charge in [-0.2, -0.15) is 0 Å². The molecule has 1 atom stereocenters. The van der Waals surface area contributed by atoms with Gasteiger partial charge in [-0.25, -0.2) is 0 Å². The van der Waals surface area contributed by atoms with E-state index in [2.05, 4.69) is 18.3 Å². The van der Waals surface area contributed by atoms with Gasteiger partial charge in [0.25, 0.3) is 0 Å². The molecule has 0 spiro atoms. The lowest BCUT2D eigenvalue weighted by atomic mass is 9.96. The van der Waals surface area contributed by atoms with Crippen LogP contribution in [0.3, 0.4) is 0 Å². The van der Waals surface area contributed by atoms with E-state index in [-0.39, 0.29) is 0 Å². The lowest BCUT2D eigenvalue weighted by molar-refractivity contribution is 0.336. The van der Waals surface area contributed by atoms with Gasteiger partial charge in [-0.05, 0) is 31.9 Å². The standard InChI is InChI=1S/C14H23NO/c1-12(14-10-7-11-16-14)15-13-8-5-3-2-4-6-9-13/h7,10-13,15H,2-6,8-9H2,1H3. The number of nitrogens with one attached hydrogen (secondary N) is 1. The monoisotopic (exact) mass is 221 g/mol. The zero-order valence-electron chi connectivity index (χ0n) is 10.2. The Kier molecular flexibility index (Phi) is 4.46. The summed E-state index contributed by atoms with van der Waals surface area (Å²) in [6.07, 6.45) is 11.4. The fourth-order valence-corrected chi connectivity index (χ4v) is 2.60. The Hall–Kier alpha value is -0.760. The third kappa shape index (κ3) is 3.38. The van der Waals surface area contributed by atoms with E-state index in [4.69, 9.17) is 4.42 Å². The summed E-state index contributed by atoms with van der Waals surface area (Å²) in [6, 6.07) is 5.05. The topological polar surface area (TPSA) is 25.2 Å². The van der Waals surface area contributed by atoms with E-state index in [1.54, 1.807) is 6.26 Å². The molecule has 1 heterocycles. The summed E-state index contributed by atoms with van der Waals surface area (Å²) in [4.78, 5) is 0. The maximum Gasteiger partial charge on any atom is 0.120 e. The van der Waals surface area contributed by atoms with E-state index < -0.39 is 0 Å². The summed E-state index contributed by atoms with van der Waals surface area (Å²) in [5.41, 5.74) is 0. The molecule has 90 valence electrons. The van der Waals surface area contributed by atoms with Crippen molar-refractivity contribution < 1.29 is 4.42 Å². The average Bonchev–Trinajstić information content (AvgIpc) is 2.74. The molecule has 2 heteroatoms. The van der Waals surface area contributed by atoms with Crippen LogP contribution in [-0.4, -0.2) is 6.04 Å². The van der Waals surface area contributed by atoms with Crippen LogP contribution in [0, 0.1) is 0 Å². The van der Waals surface area contributed by atoms with Crippen LogP contribution in [0.1, 0.15) is 63.7 Å². The minimum atomic E-state index is 0.347. The predicted molar refractivity (Wildman–Crippen MR) is 66.4 cm³/mol. The molecule has 0 radical (unpaired) electrons. The molecule has 1 aromatic rings. The Morgan fingerprint density at radius 2 is 1.88 bits per heavy atom. The van der Waals surface area contributed by atoms with Crippen LogP contribution < -0.4 is 5.32 Å². The molecule has 1 aliphatic carbocycles. The molecule has 1 aliphatic rings. The highest BCUT2D eigenvalue weighted by atomic mass is 16.3. The van der Waals surface area contributed by atoms with Crippen LogP contribution in [0.25, 0.3) is 0 Å². The minimum Gasteiger partial charge on any atom is -0.468 e. The van der Waals surface area contributed by atoms with E-state index in [9.17, 15) is 0 Å². The zero-order chi connectivity index (χ0) is 11.2. The Labute approximate surface area is 98.4 Å².